The van der Waals surface area contributed by atoms with E-state index in [1.807, 2.05) is 19.9 Å². The highest BCUT2D eigenvalue weighted by Gasteiger charge is 2.22. The number of aryl methyl sites for hydroxylation is 1. The molecule has 1 fully saturated rings. The van der Waals surface area contributed by atoms with E-state index in [1.54, 1.807) is 16.8 Å². The molecule has 1 aliphatic rings. The lowest BCUT2D eigenvalue weighted by molar-refractivity contribution is -0.115. The number of hydrogen-bond donors (Lipinski definition) is 1. The zero-order valence-corrected chi connectivity index (χ0v) is 15.7. The highest BCUT2D eigenvalue weighted by Crippen LogP contribution is 2.25. The Kier molecular flexibility index (Phi) is 5.93. The summed E-state index contributed by atoms with van der Waals surface area (Å²) in [6.07, 6.45) is 2.21. The monoisotopic (exact) mass is 381 g/mol. The predicted octanol–water partition coefficient (Wildman–Crippen LogP) is 2.93. The third-order valence-electron chi connectivity index (χ3n) is 4.01. The number of ether oxygens (including phenoxy) is 1. The van der Waals surface area contributed by atoms with Gasteiger partial charge in [-0.15, -0.1) is 5.10 Å². The van der Waals surface area contributed by atoms with Gasteiger partial charge in [-0.05, 0) is 54.8 Å². The van der Waals surface area contributed by atoms with Crippen molar-refractivity contribution in [1.82, 2.24) is 20.2 Å². The second-order valence-corrected chi connectivity index (χ2v) is 7.73. The summed E-state index contributed by atoms with van der Waals surface area (Å²) in [7, 11) is 0. The van der Waals surface area contributed by atoms with Gasteiger partial charge < -0.3 is 10.1 Å². The number of benzene rings is 1. The standard InChI is InChI=1S/C16H20ClN5O2S/c1-10-5-6-12(17)8-14(10)18-15(23)11(2)25-16-19-20-21-22(16)9-13-4-3-7-24-13/h5-6,8,11,13H,3-4,7,9H2,1-2H3,(H,18,23)/t11-,13-/m1/s1. The number of rotatable bonds is 6. The summed E-state index contributed by atoms with van der Waals surface area (Å²) in [6, 6.07) is 5.41. The van der Waals surface area contributed by atoms with E-state index in [2.05, 4.69) is 20.8 Å². The van der Waals surface area contributed by atoms with Gasteiger partial charge in [-0.3, -0.25) is 4.79 Å². The number of nitrogens with zero attached hydrogens (tertiary/aromatic N) is 4. The summed E-state index contributed by atoms with van der Waals surface area (Å²) in [6.45, 7) is 5.14. The van der Waals surface area contributed by atoms with Gasteiger partial charge in [0.1, 0.15) is 0 Å². The first-order valence-electron chi connectivity index (χ1n) is 8.14. The Morgan fingerprint density at radius 2 is 2.40 bits per heavy atom. The number of nitrogens with one attached hydrogen (secondary N) is 1. The van der Waals surface area contributed by atoms with Crippen molar-refractivity contribution in [2.45, 2.75) is 49.7 Å². The van der Waals surface area contributed by atoms with Crippen molar-refractivity contribution in [1.29, 1.82) is 0 Å². The minimum Gasteiger partial charge on any atom is -0.376 e. The average molecular weight is 382 g/mol. The fourth-order valence-electron chi connectivity index (χ4n) is 2.55. The molecule has 0 spiro atoms. The molecule has 1 amide bonds. The lowest BCUT2D eigenvalue weighted by Crippen LogP contribution is -2.24. The van der Waals surface area contributed by atoms with Crippen molar-refractivity contribution < 1.29 is 9.53 Å². The summed E-state index contributed by atoms with van der Waals surface area (Å²) < 4.78 is 7.32. The summed E-state index contributed by atoms with van der Waals surface area (Å²) in [5.41, 5.74) is 1.67. The SMILES string of the molecule is Cc1ccc(Cl)cc1NC(=O)[C@@H](C)Sc1nnnn1C[C@H]1CCCO1. The molecule has 2 aromatic rings. The lowest BCUT2D eigenvalue weighted by atomic mass is 10.2. The van der Waals surface area contributed by atoms with E-state index < -0.39 is 0 Å². The molecule has 1 aromatic carbocycles. The van der Waals surface area contributed by atoms with Crippen molar-refractivity contribution in [3.63, 3.8) is 0 Å². The molecule has 134 valence electrons. The summed E-state index contributed by atoms with van der Waals surface area (Å²) in [4.78, 5) is 12.5. The zero-order chi connectivity index (χ0) is 17.8. The smallest absolute Gasteiger partial charge is 0.237 e. The zero-order valence-electron chi connectivity index (χ0n) is 14.1. The molecule has 1 aromatic heterocycles. The molecule has 0 aliphatic carbocycles. The first-order chi connectivity index (χ1) is 12.0. The van der Waals surface area contributed by atoms with Crippen LogP contribution in [-0.2, 0) is 16.1 Å². The third kappa shape index (κ3) is 4.71. The van der Waals surface area contributed by atoms with Crippen LogP contribution < -0.4 is 5.32 Å². The number of tetrazole rings is 1. The second-order valence-electron chi connectivity index (χ2n) is 5.99. The first kappa shape index (κ1) is 18.2. The van der Waals surface area contributed by atoms with Crippen LogP contribution in [0.2, 0.25) is 5.02 Å². The number of anilines is 1. The van der Waals surface area contributed by atoms with Crippen LogP contribution in [-0.4, -0.2) is 44.1 Å². The highest BCUT2D eigenvalue weighted by molar-refractivity contribution is 8.00. The van der Waals surface area contributed by atoms with Gasteiger partial charge in [0, 0.05) is 17.3 Å². The number of aromatic nitrogens is 4. The number of thioether (sulfide) groups is 1. The fourth-order valence-corrected chi connectivity index (χ4v) is 3.52. The Balaban J connectivity index is 1.61. The molecule has 3 rings (SSSR count). The van der Waals surface area contributed by atoms with Gasteiger partial charge in [0.25, 0.3) is 0 Å². The molecule has 0 bridgehead atoms. The maximum atomic E-state index is 12.5. The fraction of sp³-hybridized carbons (Fsp3) is 0.500. The van der Waals surface area contributed by atoms with Crippen LogP contribution in [0.5, 0.6) is 0 Å². The molecular formula is C16H20ClN5O2S. The van der Waals surface area contributed by atoms with E-state index in [9.17, 15) is 4.79 Å². The topological polar surface area (TPSA) is 81.9 Å². The summed E-state index contributed by atoms with van der Waals surface area (Å²) in [5.74, 6) is -0.123. The van der Waals surface area contributed by atoms with Crippen LogP contribution in [0.25, 0.3) is 0 Å². The maximum absolute atomic E-state index is 12.5. The van der Waals surface area contributed by atoms with Crippen LogP contribution in [0.1, 0.15) is 25.3 Å². The maximum Gasteiger partial charge on any atom is 0.237 e. The molecule has 1 saturated heterocycles. The summed E-state index contributed by atoms with van der Waals surface area (Å²) in [5, 5.41) is 15.5. The molecule has 0 saturated carbocycles. The van der Waals surface area contributed by atoms with E-state index in [0.717, 1.165) is 25.0 Å². The molecule has 1 aliphatic heterocycles. The molecule has 2 atom stereocenters. The molecule has 25 heavy (non-hydrogen) atoms. The van der Waals surface area contributed by atoms with Crippen LogP contribution in [0.15, 0.2) is 23.4 Å². The minimum atomic E-state index is -0.354. The van der Waals surface area contributed by atoms with Crippen LogP contribution in [0, 0.1) is 6.92 Å². The van der Waals surface area contributed by atoms with Gasteiger partial charge in [0.2, 0.25) is 11.1 Å². The van der Waals surface area contributed by atoms with Gasteiger partial charge in [-0.25, -0.2) is 4.68 Å². The third-order valence-corrected chi connectivity index (χ3v) is 5.31. The van der Waals surface area contributed by atoms with Gasteiger partial charge in [0.05, 0.1) is 17.9 Å². The van der Waals surface area contributed by atoms with Crippen molar-refractivity contribution >= 4 is 35.0 Å². The van der Waals surface area contributed by atoms with Gasteiger partial charge >= 0.3 is 0 Å². The quantitative estimate of drug-likeness (QED) is 0.775. The second kappa shape index (κ2) is 8.16. The number of hydrogen-bond acceptors (Lipinski definition) is 6. The van der Waals surface area contributed by atoms with E-state index in [1.165, 1.54) is 11.8 Å². The van der Waals surface area contributed by atoms with E-state index in [0.29, 0.717) is 22.4 Å². The number of carbonyl (C=O) groups is 1. The average Bonchev–Trinajstić information content (AvgIpc) is 3.24. The van der Waals surface area contributed by atoms with E-state index >= 15 is 0 Å². The molecule has 0 radical (unpaired) electrons. The Hall–Kier alpha value is -1.64. The van der Waals surface area contributed by atoms with Crippen LogP contribution >= 0.6 is 23.4 Å². The molecular weight excluding hydrogens is 362 g/mol. The van der Waals surface area contributed by atoms with Crippen molar-refractivity contribution in [2.24, 2.45) is 0 Å². The predicted molar refractivity (Wildman–Crippen MR) is 96.9 cm³/mol. The summed E-state index contributed by atoms with van der Waals surface area (Å²) >= 11 is 7.32. The highest BCUT2D eigenvalue weighted by atomic mass is 35.5. The Morgan fingerprint density at radius 1 is 1.56 bits per heavy atom. The Bertz CT molecular complexity index is 748. The largest absolute Gasteiger partial charge is 0.376 e. The van der Waals surface area contributed by atoms with Crippen molar-refractivity contribution in [2.75, 3.05) is 11.9 Å². The molecule has 1 N–H and O–H groups in total. The molecule has 9 heteroatoms. The molecule has 0 unspecified atom stereocenters. The van der Waals surface area contributed by atoms with Crippen LogP contribution in [0.4, 0.5) is 5.69 Å². The van der Waals surface area contributed by atoms with Crippen molar-refractivity contribution in [3.8, 4) is 0 Å². The van der Waals surface area contributed by atoms with Crippen LogP contribution in [0.3, 0.4) is 0 Å². The number of amides is 1. The van der Waals surface area contributed by atoms with Gasteiger partial charge in [0.15, 0.2) is 0 Å². The number of carbonyl (C=O) groups excluding carboxylic acids is 1. The first-order valence-corrected chi connectivity index (χ1v) is 9.40. The molecule has 7 nitrogen and oxygen atoms in total. The van der Waals surface area contributed by atoms with Gasteiger partial charge in [-0.1, -0.05) is 29.4 Å². The Morgan fingerprint density at radius 3 is 3.16 bits per heavy atom. The normalized spacial score (nSPS) is 18.3. The van der Waals surface area contributed by atoms with E-state index in [-0.39, 0.29) is 17.3 Å². The van der Waals surface area contributed by atoms with E-state index in [4.69, 9.17) is 16.3 Å². The number of halogens is 1. The minimum absolute atomic E-state index is 0.123. The van der Waals surface area contributed by atoms with Crippen molar-refractivity contribution in [3.05, 3.63) is 28.8 Å². The lowest BCUT2D eigenvalue weighted by Gasteiger charge is -2.14. The van der Waals surface area contributed by atoms with Gasteiger partial charge in [-0.2, -0.15) is 0 Å². The molecule has 2 heterocycles. The Labute approximate surface area is 155 Å².